The monoisotopic (exact) mass is 334 g/mol. The molecular formula is C19H30N2O3. The van der Waals surface area contributed by atoms with Gasteiger partial charge < -0.3 is 14.8 Å². The molecule has 0 atom stereocenters. The third-order valence-electron chi connectivity index (χ3n) is 4.09. The first-order valence-electron chi connectivity index (χ1n) is 8.73. The lowest BCUT2D eigenvalue weighted by atomic mass is 9.98. The van der Waals surface area contributed by atoms with Gasteiger partial charge in [0.25, 0.3) is 0 Å². The molecule has 1 aliphatic heterocycles. The molecule has 0 aliphatic carbocycles. The Morgan fingerprint density at radius 2 is 2.08 bits per heavy atom. The molecule has 1 aliphatic rings. The third-order valence-corrected chi connectivity index (χ3v) is 4.09. The lowest BCUT2D eigenvalue weighted by molar-refractivity contribution is 0.0526. The topological polar surface area (TPSA) is 50.8 Å². The summed E-state index contributed by atoms with van der Waals surface area (Å²) in [4.78, 5) is 14.0. The molecule has 2 rings (SSSR count). The molecule has 24 heavy (non-hydrogen) atoms. The third kappa shape index (κ3) is 5.71. The van der Waals surface area contributed by atoms with Crippen molar-refractivity contribution in [1.29, 1.82) is 0 Å². The average Bonchev–Trinajstić information content (AvgIpc) is 2.52. The van der Waals surface area contributed by atoms with Crippen molar-refractivity contribution >= 4 is 6.09 Å². The van der Waals surface area contributed by atoms with Gasteiger partial charge in [-0.15, -0.1) is 0 Å². The number of hydrogen-bond donors (Lipinski definition) is 1. The molecule has 134 valence electrons. The summed E-state index contributed by atoms with van der Waals surface area (Å²) >= 11 is 0. The van der Waals surface area contributed by atoms with Gasteiger partial charge in [-0.2, -0.15) is 0 Å². The van der Waals surface area contributed by atoms with Crippen LogP contribution in [0.2, 0.25) is 0 Å². The average molecular weight is 334 g/mol. The zero-order chi connectivity index (χ0) is 17.6. The maximum absolute atomic E-state index is 11.6. The van der Waals surface area contributed by atoms with E-state index in [0.717, 1.165) is 44.6 Å². The van der Waals surface area contributed by atoms with E-state index in [1.165, 1.54) is 11.1 Å². The fourth-order valence-corrected chi connectivity index (χ4v) is 2.98. The van der Waals surface area contributed by atoms with E-state index in [1.807, 2.05) is 26.8 Å². The maximum Gasteiger partial charge on any atom is 0.407 e. The van der Waals surface area contributed by atoms with Crippen molar-refractivity contribution in [3.8, 4) is 5.75 Å². The van der Waals surface area contributed by atoms with Gasteiger partial charge >= 0.3 is 6.09 Å². The Morgan fingerprint density at radius 3 is 2.79 bits per heavy atom. The number of alkyl carbamates (subject to hydrolysis) is 1. The summed E-state index contributed by atoms with van der Waals surface area (Å²) in [5, 5.41) is 2.81. The largest absolute Gasteiger partial charge is 0.496 e. The highest BCUT2D eigenvalue weighted by atomic mass is 16.6. The van der Waals surface area contributed by atoms with Crippen molar-refractivity contribution in [2.24, 2.45) is 0 Å². The fraction of sp³-hybridized carbons (Fsp3) is 0.632. The summed E-state index contributed by atoms with van der Waals surface area (Å²) in [7, 11) is 1.74. The zero-order valence-corrected chi connectivity index (χ0v) is 15.4. The Hall–Kier alpha value is -1.75. The number of nitrogens with one attached hydrogen (secondary N) is 1. The quantitative estimate of drug-likeness (QED) is 0.811. The van der Waals surface area contributed by atoms with Crippen LogP contribution in [-0.4, -0.2) is 43.3 Å². The van der Waals surface area contributed by atoms with Gasteiger partial charge in [-0.25, -0.2) is 4.79 Å². The van der Waals surface area contributed by atoms with Crippen molar-refractivity contribution in [2.75, 3.05) is 26.7 Å². The number of carbonyl (C=O) groups excluding carboxylic acids is 1. The summed E-state index contributed by atoms with van der Waals surface area (Å²) in [6, 6.07) is 6.29. The van der Waals surface area contributed by atoms with E-state index in [1.54, 1.807) is 7.11 Å². The fourth-order valence-electron chi connectivity index (χ4n) is 2.98. The van der Waals surface area contributed by atoms with Crippen LogP contribution >= 0.6 is 0 Å². The Bertz CT molecular complexity index is 552. The highest BCUT2D eigenvalue weighted by Crippen LogP contribution is 2.27. The van der Waals surface area contributed by atoms with Crippen LogP contribution in [0.4, 0.5) is 4.79 Å². The molecule has 1 aromatic carbocycles. The standard InChI is InChI=1S/C19H30N2O3/c1-19(2,3)24-18(22)20-11-5-6-12-21-13-10-16-15(14-21)8-7-9-17(16)23-4/h7-9H,5-6,10-14H2,1-4H3,(H,20,22). The Labute approximate surface area is 145 Å². The first-order chi connectivity index (χ1) is 11.4. The van der Waals surface area contributed by atoms with Crippen LogP contribution in [0.1, 0.15) is 44.7 Å². The van der Waals surface area contributed by atoms with E-state index < -0.39 is 5.60 Å². The van der Waals surface area contributed by atoms with Crippen LogP contribution in [0.5, 0.6) is 5.75 Å². The van der Waals surface area contributed by atoms with Gasteiger partial charge in [0.2, 0.25) is 0 Å². The molecule has 1 heterocycles. The predicted molar refractivity (Wildman–Crippen MR) is 95.4 cm³/mol. The summed E-state index contributed by atoms with van der Waals surface area (Å²) in [6.45, 7) is 9.36. The minimum atomic E-state index is -0.438. The van der Waals surface area contributed by atoms with Crippen molar-refractivity contribution in [3.05, 3.63) is 29.3 Å². The molecule has 1 amide bonds. The number of benzene rings is 1. The number of rotatable bonds is 6. The van der Waals surface area contributed by atoms with Crippen LogP contribution < -0.4 is 10.1 Å². The van der Waals surface area contributed by atoms with E-state index in [0.29, 0.717) is 6.54 Å². The molecule has 0 saturated carbocycles. The zero-order valence-electron chi connectivity index (χ0n) is 15.4. The van der Waals surface area contributed by atoms with Crippen molar-refractivity contribution in [1.82, 2.24) is 10.2 Å². The number of methoxy groups -OCH3 is 1. The summed E-state index contributed by atoms with van der Waals surface area (Å²) < 4.78 is 10.7. The van der Waals surface area contributed by atoms with E-state index in [9.17, 15) is 4.79 Å². The normalized spacial score (nSPS) is 14.8. The molecule has 0 saturated heterocycles. The van der Waals surface area contributed by atoms with E-state index in [2.05, 4.69) is 22.3 Å². The van der Waals surface area contributed by atoms with Crippen molar-refractivity contribution < 1.29 is 14.3 Å². The molecule has 1 N–H and O–H groups in total. The molecule has 0 fully saturated rings. The Kier molecular flexibility index (Phi) is 6.49. The number of nitrogens with zero attached hydrogens (tertiary/aromatic N) is 1. The number of unbranched alkanes of at least 4 members (excludes halogenated alkanes) is 1. The molecule has 0 radical (unpaired) electrons. The lowest BCUT2D eigenvalue weighted by Crippen LogP contribution is -2.34. The van der Waals surface area contributed by atoms with Gasteiger partial charge in [0, 0.05) is 19.6 Å². The number of ether oxygens (including phenoxy) is 2. The van der Waals surface area contributed by atoms with Gasteiger partial charge in [-0.05, 0) is 63.8 Å². The van der Waals surface area contributed by atoms with E-state index in [4.69, 9.17) is 9.47 Å². The van der Waals surface area contributed by atoms with E-state index in [-0.39, 0.29) is 6.09 Å². The Morgan fingerprint density at radius 1 is 1.29 bits per heavy atom. The SMILES string of the molecule is COc1cccc2c1CCN(CCCCNC(=O)OC(C)(C)C)C2. The van der Waals surface area contributed by atoms with Crippen LogP contribution in [0, 0.1) is 0 Å². The minimum Gasteiger partial charge on any atom is -0.496 e. The van der Waals surface area contributed by atoms with Crippen LogP contribution in [-0.2, 0) is 17.7 Å². The molecule has 1 aromatic rings. The second-order valence-corrected chi connectivity index (χ2v) is 7.26. The van der Waals surface area contributed by atoms with Crippen LogP contribution in [0.3, 0.4) is 0 Å². The molecule has 0 aromatic heterocycles. The van der Waals surface area contributed by atoms with Gasteiger partial charge in [-0.1, -0.05) is 12.1 Å². The summed E-state index contributed by atoms with van der Waals surface area (Å²) in [6.07, 6.45) is 2.73. The number of amides is 1. The Balaban J connectivity index is 1.66. The minimum absolute atomic E-state index is 0.332. The van der Waals surface area contributed by atoms with Gasteiger partial charge in [-0.3, -0.25) is 4.90 Å². The molecule has 0 spiro atoms. The highest BCUT2D eigenvalue weighted by Gasteiger charge is 2.19. The number of hydrogen-bond acceptors (Lipinski definition) is 4. The number of fused-ring (bicyclic) bond motifs is 1. The number of carbonyl (C=O) groups is 1. The second kappa shape index (κ2) is 8.38. The second-order valence-electron chi connectivity index (χ2n) is 7.26. The van der Waals surface area contributed by atoms with Crippen molar-refractivity contribution in [2.45, 2.75) is 52.2 Å². The predicted octanol–water partition coefficient (Wildman–Crippen LogP) is 3.36. The molecule has 0 unspecified atom stereocenters. The molecule has 5 heteroatoms. The van der Waals surface area contributed by atoms with Gasteiger partial charge in [0.05, 0.1) is 7.11 Å². The van der Waals surface area contributed by atoms with Gasteiger partial charge in [0.1, 0.15) is 11.4 Å². The smallest absolute Gasteiger partial charge is 0.407 e. The molecule has 0 bridgehead atoms. The summed E-state index contributed by atoms with van der Waals surface area (Å²) in [5.41, 5.74) is 2.28. The molecular weight excluding hydrogens is 304 g/mol. The first kappa shape index (κ1) is 18.6. The van der Waals surface area contributed by atoms with Crippen molar-refractivity contribution in [3.63, 3.8) is 0 Å². The van der Waals surface area contributed by atoms with Gasteiger partial charge in [0.15, 0.2) is 0 Å². The maximum atomic E-state index is 11.6. The van der Waals surface area contributed by atoms with Crippen LogP contribution in [0.25, 0.3) is 0 Å². The molecule has 5 nitrogen and oxygen atoms in total. The van der Waals surface area contributed by atoms with E-state index >= 15 is 0 Å². The highest BCUT2D eigenvalue weighted by molar-refractivity contribution is 5.67. The van der Waals surface area contributed by atoms with Crippen LogP contribution in [0.15, 0.2) is 18.2 Å². The lowest BCUT2D eigenvalue weighted by Gasteiger charge is -2.29. The first-order valence-corrected chi connectivity index (χ1v) is 8.73. The summed E-state index contributed by atoms with van der Waals surface area (Å²) in [5.74, 6) is 1.01.